The van der Waals surface area contributed by atoms with Crippen LogP contribution in [0.3, 0.4) is 0 Å². The molecule has 0 radical (unpaired) electrons. The Bertz CT molecular complexity index is 429. The number of anilines is 2. The minimum atomic E-state index is -0.00310. The van der Waals surface area contributed by atoms with Gasteiger partial charge in [-0.15, -0.1) is 0 Å². The third kappa shape index (κ3) is 4.56. The molecule has 1 aromatic rings. The van der Waals surface area contributed by atoms with Gasteiger partial charge in [0.15, 0.2) is 0 Å². The monoisotopic (exact) mass is 263 g/mol. The average Bonchev–Trinajstić information content (AvgIpc) is 2.38. The van der Waals surface area contributed by atoms with Crippen molar-refractivity contribution in [2.45, 2.75) is 39.2 Å². The van der Waals surface area contributed by atoms with Gasteiger partial charge in [-0.25, -0.2) is 0 Å². The van der Waals surface area contributed by atoms with E-state index in [4.69, 9.17) is 5.73 Å². The summed E-state index contributed by atoms with van der Waals surface area (Å²) in [5, 5.41) is 2.84. The Balaban J connectivity index is 2.47. The zero-order valence-corrected chi connectivity index (χ0v) is 12.4. The summed E-state index contributed by atoms with van der Waals surface area (Å²) in [7, 11) is 2.05. The van der Waals surface area contributed by atoms with E-state index >= 15 is 0 Å². The number of nitrogen functional groups attached to an aromatic ring is 1. The molecular formula is C15H25N3O. The topological polar surface area (TPSA) is 58.4 Å². The van der Waals surface area contributed by atoms with Gasteiger partial charge in [-0.05, 0) is 39.4 Å². The van der Waals surface area contributed by atoms with Crippen LogP contribution in [0, 0.1) is 0 Å². The summed E-state index contributed by atoms with van der Waals surface area (Å²) in [5.74, 6) is -0.00310. The molecule has 0 aromatic heterocycles. The molecule has 1 amide bonds. The molecule has 0 heterocycles. The third-order valence-corrected chi connectivity index (χ3v) is 3.81. The normalized spacial score (nSPS) is 11.6. The van der Waals surface area contributed by atoms with Gasteiger partial charge in [0.05, 0.1) is 11.4 Å². The van der Waals surface area contributed by atoms with Crippen LogP contribution in [0.15, 0.2) is 24.3 Å². The Morgan fingerprint density at radius 2 is 2.00 bits per heavy atom. The standard InChI is InChI=1S/C15H25N3O/c1-5-15(2,3)18(4)11-10-14(19)17-13-9-7-6-8-12(13)16/h6-9H,5,10-11,16H2,1-4H3,(H,17,19). The lowest BCUT2D eigenvalue weighted by Crippen LogP contribution is -2.41. The minimum Gasteiger partial charge on any atom is -0.397 e. The van der Waals surface area contributed by atoms with Crippen molar-refractivity contribution in [3.8, 4) is 0 Å². The second-order valence-corrected chi connectivity index (χ2v) is 5.47. The van der Waals surface area contributed by atoms with E-state index < -0.39 is 0 Å². The fraction of sp³-hybridized carbons (Fsp3) is 0.533. The van der Waals surface area contributed by atoms with Crippen molar-refractivity contribution >= 4 is 17.3 Å². The van der Waals surface area contributed by atoms with Gasteiger partial charge in [0.25, 0.3) is 0 Å². The van der Waals surface area contributed by atoms with Crippen molar-refractivity contribution in [3.05, 3.63) is 24.3 Å². The van der Waals surface area contributed by atoms with Crippen molar-refractivity contribution in [2.75, 3.05) is 24.6 Å². The Morgan fingerprint density at radius 1 is 1.37 bits per heavy atom. The zero-order valence-electron chi connectivity index (χ0n) is 12.4. The number of rotatable bonds is 6. The number of benzene rings is 1. The SMILES string of the molecule is CCC(C)(C)N(C)CCC(=O)Nc1ccccc1N. The number of hydrogen-bond donors (Lipinski definition) is 2. The third-order valence-electron chi connectivity index (χ3n) is 3.81. The van der Waals surface area contributed by atoms with Crippen LogP contribution in [0.25, 0.3) is 0 Å². The first-order valence-corrected chi connectivity index (χ1v) is 6.72. The first-order valence-electron chi connectivity index (χ1n) is 6.72. The molecule has 0 spiro atoms. The fourth-order valence-corrected chi connectivity index (χ4v) is 1.67. The summed E-state index contributed by atoms with van der Waals surface area (Å²) in [4.78, 5) is 14.1. The molecule has 106 valence electrons. The second kappa shape index (κ2) is 6.57. The lowest BCUT2D eigenvalue weighted by molar-refractivity contribution is -0.116. The van der Waals surface area contributed by atoms with Gasteiger partial charge in [0.1, 0.15) is 0 Å². The van der Waals surface area contributed by atoms with E-state index in [-0.39, 0.29) is 11.4 Å². The average molecular weight is 263 g/mol. The largest absolute Gasteiger partial charge is 0.397 e. The molecule has 3 N–H and O–H groups in total. The molecule has 0 aliphatic rings. The number of nitrogens with zero attached hydrogens (tertiary/aromatic N) is 1. The van der Waals surface area contributed by atoms with Crippen LogP contribution in [0.5, 0.6) is 0 Å². The van der Waals surface area contributed by atoms with Gasteiger partial charge >= 0.3 is 0 Å². The summed E-state index contributed by atoms with van der Waals surface area (Å²) in [6, 6.07) is 7.30. The molecule has 4 nitrogen and oxygen atoms in total. The predicted molar refractivity (Wildman–Crippen MR) is 81.1 cm³/mol. The molecule has 0 saturated heterocycles. The highest BCUT2D eigenvalue weighted by Gasteiger charge is 2.21. The van der Waals surface area contributed by atoms with Gasteiger partial charge in [-0.3, -0.25) is 4.79 Å². The molecule has 0 bridgehead atoms. The molecule has 0 aliphatic heterocycles. The van der Waals surface area contributed by atoms with Crippen LogP contribution < -0.4 is 11.1 Å². The van der Waals surface area contributed by atoms with E-state index in [0.717, 1.165) is 13.0 Å². The summed E-state index contributed by atoms with van der Waals surface area (Å²) in [6.45, 7) is 7.25. The number of amides is 1. The predicted octanol–water partition coefficient (Wildman–Crippen LogP) is 2.72. The highest BCUT2D eigenvalue weighted by atomic mass is 16.1. The molecule has 1 rings (SSSR count). The maximum atomic E-state index is 11.9. The van der Waals surface area contributed by atoms with Crippen molar-refractivity contribution < 1.29 is 4.79 Å². The molecule has 0 atom stereocenters. The molecule has 0 unspecified atom stereocenters. The highest BCUT2D eigenvalue weighted by molar-refractivity contribution is 5.93. The molecular weight excluding hydrogens is 238 g/mol. The number of carbonyl (C=O) groups is 1. The van der Waals surface area contributed by atoms with Gasteiger partial charge < -0.3 is 16.0 Å². The molecule has 4 heteroatoms. The number of nitrogens with two attached hydrogens (primary N) is 1. The van der Waals surface area contributed by atoms with Crippen molar-refractivity contribution in [1.82, 2.24) is 4.90 Å². The minimum absolute atomic E-state index is 0.00310. The summed E-state index contributed by atoms with van der Waals surface area (Å²) >= 11 is 0. The van der Waals surface area contributed by atoms with Gasteiger partial charge in [-0.2, -0.15) is 0 Å². The molecule has 0 fully saturated rings. The second-order valence-electron chi connectivity index (χ2n) is 5.47. The van der Waals surface area contributed by atoms with E-state index in [1.807, 2.05) is 25.2 Å². The van der Waals surface area contributed by atoms with E-state index in [9.17, 15) is 4.79 Å². The maximum Gasteiger partial charge on any atom is 0.225 e. The van der Waals surface area contributed by atoms with Crippen molar-refractivity contribution in [1.29, 1.82) is 0 Å². The molecule has 0 saturated carbocycles. The Hall–Kier alpha value is -1.55. The van der Waals surface area contributed by atoms with E-state index in [1.54, 1.807) is 6.07 Å². The number of para-hydroxylation sites is 2. The van der Waals surface area contributed by atoms with Crippen LogP contribution in [-0.4, -0.2) is 29.9 Å². The Morgan fingerprint density at radius 3 is 2.58 bits per heavy atom. The Kier molecular flexibility index (Phi) is 5.36. The highest BCUT2D eigenvalue weighted by Crippen LogP contribution is 2.18. The van der Waals surface area contributed by atoms with E-state index in [0.29, 0.717) is 17.8 Å². The van der Waals surface area contributed by atoms with Gasteiger partial charge in [-0.1, -0.05) is 19.1 Å². The van der Waals surface area contributed by atoms with Crippen LogP contribution in [0.4, 0.5) is 11.4 Å². The molecule has 19 heavy (non-hydrogen) atoms. The quantitative estimate of drug-likeness (QED) is 0.776. The van der Waals surface area contributed by atoms with Crippen LogP contribution in [0.1, 0.15) is 33.6 Å². The van der Waals surface area contributed by atoms with Crippen molar-refractivity contribution in [2.24, 2.45) is 0 Å². The first-order chi connectivity index (χ1) is 8.86. The summed E-state index contributed by atoms with van der Waals surface area (Å²) < 4.78 is 0. The number of carbonyl (C=O) groups excluding carboxylic acids is 1. The molecule has 0 aliphatic carbocycles. The smallest absolute Gasteiger partial charge is 0.225 e. The van der Waals surface area contributed by atoms with Gasteiger partial charge in [0, 0.05) is 18.5 Å². The van der Waals surface area contributed by atoms with Crippen molar-refractivity contribution in [3.63, 3.8) is 0 Å². The lowest BCUT2D eigenvalue weighted by atomic mass is 10.00. The maximum absolute atomic E-state index is 11.9. The van der Waals surface area contributed by atoms with Crippen LogP contribution >= 0.6 is 0 Å². The lowest BCUT2D eigenvalue weighted by Gasteiger charge is -2.34. The number of hydrogen-bond acceptors (Lipinski definition) is 3. The zero-order chi connectivity index (χ0) is 14.5. The van der Waals surface area contributed by atoms with E-state index in [1.165, 1.54) is 0 Å². The number of nitrogens with one attached hydrogen (secondary N) is 1. The van der Waals surface area contributed by atoms with E-state index in [2.05, 4.69) is 31.0 Å². The van der Waals surface area contributed by atoms with Crippen LogP contribution in [-0.2, 0) is 4.79 Å². The van der Waals surface area contributed by atoms with Crippen LogP contribution in [0.2, 0.25) is 0 Å². The summed E-state index contributed by atoms with van der Waals surface area (Å²) in [6.07, 6.45) is 1.52. The Labute approximate surface area is 116 Å². The first kappa shape index (κ1) is 15.5. The summed E-state index contributed by atoms with van der Waals surface area (Å²) in [5.41, 5.74) is 7.19. The molecule has 1 aromatic carbocycles. The van der Waals surface area contributed by atoms with Gasteiger partial charge in [0.2, 0.25) is 5.91 Å². The fourth-order valence-electron chi connectivity index (χ4n) is 1.67.